The van der Waals surface area contributed by atoms with Crippen LogP contribution in [0, 0.1) is 0 Å². The van der Waals surface area contributed by atoms with Gasteiger partial charge in [-0.05, 0) is 168 Å². The fourth-order valence-electron chi connectivity index (χ4n) is 19.2. The molecule has 0 N–H and O–H groups in total. The zero-order valence-electron chi connectivity index (χ0n) is 58.7. The van der Waals surface area contributed by atoms with Gasteiger partial charge in [-0.2, -0.15) is 0 Å². The number of allylic oxidation sites excluding steroid dienone is 1. The molecule has 0 unspecified atom stereocenters. The Morgan fingerprint density at radius 2 is 0.853 bits per heavy atom. The normalized spacial score (nSPS) is 15.6. The fraction of sp³-hybridized carbons (Fsp3) is 0.398. The predicted octanol–water partition coefficient (Wildman–Crippen LogP) is 27.9. The Morgan fingerprint density at radius 1 is 0.347 bits per heavy atom. The lowest BCUT2D eigenvalue weighted by molar-refractivity contribution is 0.368. The van der Waals surface area contributed by atoms with Crippen molar-refractivity contribution in [3.63, 3.8) is 0 Å². The first-order valence-electron chi connectivity index (χ1n) is 37.8. The van der Waals surface area contributed by atoms with E-state index in [2.05, 4.69) is 225 Å². The van der Waals surface area contributed by atoms with Gasteiger partial charge >= 0.3 is 0 Å². The molecule has 9 aromatic carbocycles. The lowest BCUT2D eigenvalue weighted by Crippen LogP contribution is -2.33. The smallest absolute Gasteiger partial charge is 0.144 e. The van der Waals surface area contributed by atoms with E-state index in [1.165, 1.54) is 252 Å². The molecule has 0 fully saturated rings. The molecule has 0 atom stereocenters. The van der Waals surface area contributed by atoms with Gasteiger partial charge in [0.25, 0.3) is 0 Å². The minimum Gasteiger partial charge on any atom is -0.456 e. The van der Waals surface area contributed by atoms with Gasteiger partial charge in [0.05, 0.1) is 0 Å². The van der Waals surface area contributed by atoms with E-state index in [1.807, 2.05) is 0 Å². The third kappa shape index (κ3) is 10.6. The summed E-state index contributed by atoms with van der Waals surface area (Å²) in [7, 11) is 0. The molecule has 0 saturated heterocycles. The Kier molecular flexibility index (Phi) is 17.4. The Balaban J connectivity index is 0.890. The van der Waals surface area contributed by atoms with Crippen LogP contribution < -0.4 is 0 Å². The zero-order chi connectivity index (χ0) is 65.1. The van der Waals surface area contributed by atoms with Crippen molar-refractivity contribution in [3.8, 4) is 44.5 Å². The Morgan fingerprint density at radius 3 is 1.51 bits per heavy atom. The zero-order valence-corrected chi connectivity index (χ0v) is 58.7. The van der Waals surface area contributed by atoms with Crippen molar-refractivity contribution >= 4 is 55.5 Å². The van der Waals surface area contributed by atoms with Crippen LogP contribution in [0.2, 0.25) is 0 Å². The lowest BCUT2D eigenvalue weighted by atomic mass is 9.62. The Labute approximate surface area is 568 Å². The summed E-state index contributed by atoms with van der Waals surface area (Å²) in [6.07, 6.45) is 33.7. The summed E-state index contributed by atoms with van der Waals surface area (Å²) in [6, 6.07) is 63.9. The highest BCUT2D eigenvalue weighted by Gasteiger charge is 2.54. The van der Waals surface area contributed by atoms with Gasteiger partial charge in [-0.3, -0.25) is 0 Å². The van der Waals surface area contributed by atoms with Crippen molar-refractivity contribution in [3.05, 3.63) is 225 Å². The number of fused-ring (bicyclic) bond motifs is 22. The van der Waals surface area contributed by atoms with Gasteiger partial charge in [0.15, 0.2) is 0 Å². The molecule has 15 rings (SSSR count). The molecule has 2 heterocycles. The van der Waals surface area contributed by atoms with Gasteiger partial charge in [-0.25, -0.2) is 0 Å². The van der Waals surface area contributed by atoms with Crippen LogP contribution in [0.15, 0.2) is 173 Å². The van der Waals surface area contributed by atoms with E-state index < -0.39 is 0 Å². The number of furan rings is 2. The lowest BCUT2D eigenvalue weighted by Gasteiger charge is -2.40. The van der Waals surface area contributed by atoms with E-state index in [9.17, 15) is 0 Å². The fourth-order valence-corrected chi connectivity index (χ4v) is 19.2. The molecular formula is C93H102O2. The molecule has 0 spiro atoms. The second-order valence-electron chi connectivity index (χ2n) is 30.7. The molecule has 95 heavy (non-hydrogen) atoms. The summed E-state index contributed by atoms with van der Waals surface area (Å²) in [6.45, 7) is 19.3. The summed E-state index contributed by atoms with van der Waals surface area (Å²) in [5, 5.41) is 5.07. The van der Waals surface area contributed by atoms with Gasteiger partial charge in [-0.1, -0.05) is 323 Å². The minimum absolute atomic E-state index is 0.0962. The van der Waals surface area contributed by atoms with Gasteiger partial charge in [0, 0.05) is 48.8 Å². The van der Waals surface area contributed by atoms with Crippen molar-refractivity contribution < 1.29 is 8.83 Å². The van der Waals surface area contributed by atoms with Crippen molar-refractivity contribution in [1.82, 2.24) is 0 Å². The highest BCUT2D eigenvalue weighted by atomic mass is 16.3. The summed E-state index contributed by atoms with van der Waals surface area (Å²) in [5.74, 6) is 0. The first-order chi connectivity index (χ1) is 46.5. The number of hydrogen-bond acceptors (Lipinski definition) is 2. The van der Waals surface area contributed by atoms with E-state index >= 15 is 0 Å². The van der Waals surface area contributed by atoms with Crippen molar-refractivity contribution in [2.24, 2.45) is 0 Å². The highest BCUT2D eigenvalue weighted by Crippen LogP contribution is 2.68. The maximum atomic E-state index is 7.56. The molecule has 0 saturated carbocycles. The first-order valence-corrected chi connectivity index (χ1v) is 37.8. The maximum absolute atomic E-state index is 7.56. The molecule has 4 aliphatic carbocycles. The molecule has 2 aromatic heterocycles. The van der Waals surface area contributed by atoms with Crippen molar-refractivity contribution in [1.29, 1.82) is 0 Å². The van der Waals surface area contributed by atoms with Crippen LogP contribution in [-0.2, 0) is 28.1 Å². The average Bonchev–Trinajstić information content (AvgIpc) is 1.50. The molecule has 0 bridgehead atoms. The number of para-hydroxylation sites is 2. The Hall–Kier alpha value is -7.68. The summed E-state index contributed by atoms with van der Waals surface area (Å²) >= 11 is 0. The molecule has 2 heteroatoms. The molecule has 0 aliphatic heterocycles. The number of unbranched alkanes of at least 4 members (excludes halogenated alkanes) is 16. The van der Waals surface area contributed by atoms with Gasteiger partial charge < -0.3 is 8.83 Å². The van der Waals surface area contributed by atoms with Crippen molar-refractivity contribution in [2.75, 3.05) is 0 Å². The van der Waals surface area contributed by atoms with Crippen LogP contribution in [0.1, 0.15) is 271 Å². The topological polar surface area (TPSA) is 26.3 Å². The van der Waals surface area contributed by atoms with E-state index in [0.29, 0.717) is 0 Å². The summed E-state index contributed by atoms with van der Waals surface area (Å²) in [5.41, 5.74) is 32.1. The number of hydrogen-bond donors (Lipinski definition) is 0. The van der Waals surface area contributed by atoms with Crippen LogP contribution >= 0.6 is 0 Å². The van der Waals surface area contributed by atoms with Gasteiger partial charge in [0.2, 0.25) is 0 Å². The molecule has 4 aliphatic rings. The number of rotatable bonds is 28. The van der Waals surface area contributed by atoms with Crippen LogP contribution in [-0.4, -0.2) is 0 Å². The molecule has 2 nitrogen and oxygen atoms in total. The SMILES string of the molecule is CCCCCCCC1(CCCCCCC)c2cc(C/C(=C/c3ccc4c(c3)C(C)(C)c3cc5c(cc3-4)C(C)(C)c3ccc4oc6ccccc6c4c3-5)c3ccccc3)ccc2-c2c1c1c(c3c2oc2ccccc23)-c2ccccc2C1(CCCCCCC)CCCCCCC. The van der Waals surface area contributed by atoms with E-state index in [1.54, 1.807) is 22.3 Å². The monoisotopic (exact) mass is 1250 g/mol. The van der Waals surface area contributed by atoms with Gasteiger partial charge in [0.1, 0.15) is 22.3 Å². The van der Waals surface area contributed by atoms with E-state index in [4.69, 9.17) is 8.83 Å². The average molecular weight is 1250 g/mol. The maximum Gasteiger partial charge on any atom is 0.144 e. The highest BCUT2D eigenvalue weighted by molar-refractivity contribution is 6.21. The molecular weight excluding hydrogens is 1150 g/mol. The molecule has 486 valence electrons. The molecule has 11 aromatic rings. The largest absolute Gasteiger partial charge is 0.456 e. The minimum atomic E-state index is -0.213. The van der Waals surface area contributed by atoms with Gasteiger partial charge in [-0.15, -0.1) is 0 Å². The number of benzene rings is 9. The van der Waals surface area contributed by atoms with Crippen LogP contribution in [0.4, 0.5) is 0 Å². The third-order valence-electron chi connectivity index (χ3n) is 24.1. The standard InChI is InChI=1S/C93H102O2/c1-9-13-17-21-34-52-92(53-35-22-18-14-10-2)73-43-31-28-40-67(73)84-85-70-42-30-33-45-80(70)95-89(85)86-68-49-47-63(59-78(68)93(88(86)87(84)92,54-36-23-19-15-11-3)55-37-24-20-16-12-4)57-65(64-38-26-25-27-39-64)56-62-46-48-66-71-60-77-72(61-76(71)91(7,8)75(66)58-62)82-74(90(77,5)6)50-51-81-83(82)69-41-29-32-44-79(69)94-81/h25-33,38-51,56,58-61H,9-24,34-37,52-55,57H2,1-8H3/b65-56-. The molecule has 0 radical (unpaired) electrons. The summed E-state index contributed by atoms with van der Waals surface area (Å²) < 4.78 is 14.1. The second kappa shape index (κ2) is 26.0. The Bertz CT molecular complexity index is 4670. The molecule has 0 amide bonds. The van der Waals surface area contributed by atoms with Crippen molar-refractivity contribution in [2.45, 2.75) is 238 Å². The van der Waals surface area contributed by atoms with E-state index in [0.717, 1.165) is 41.6 Å². The quantitative estimate of drug-likeness (QED) is 0.0361. The predicted molar refractivity (Wildman–Crippen MR) is 407 cm³/mol. The van der Waals surface area contributed by atoms with Crippen LogP contribution in [0.25, 0.3) is 100 Å². The third-order valence-corrected chi connectivity index (χ3v) is 24.1. The van der Waals surface area contributed by atoms with Crippen LogP contribution in [0.3, 0.4) is 0 Å². The van der Waals surface area contributed by atoms with Crippen LogP contribution in [0.5, 0.6) is 0 Å². The first kappa shape index (κ1) is 63.4. The van der Waals surface area contributed by atoms with E-state index in [-0.39, 0.29) is 21.7 Å². The summed E-state index contributed by atoms with van der Waals surface area (Å²) in [4.78, 5) is 0. The second-order valence-corrected chi connectivity index (χ2v) is 30.7.